The van der Waals surface area contributed by atoms with Crippen molar-refractivity contribution in [1.82, 2.24) is 9.55 Å². The standard InChI is InChI=1S/C19H24N2O2S2/c1-3-9-24-19-20-17-16(14-7-6-12(2)10-15(14)25-17)18(22)21(19)11-13-5-4-8-23-13/h3,12-13H,1,4-11H2,2H3/t12-,13+/m0/s1. The summed E-state index contributed by atoms with van der Waals surface area (Å²) < 4.78 is 7.64. The molecule has 1 saturated heterocycles. The van der Waals surface area contributed by atoms with Crippen LogP contribution in [0.15, 0.2) is 22.6 Å². The molecule has 0 bridgehead atoms. The maximum Gasteiger partial charge on any atom is 0.263 e. The summed E-state index contributed by atoms with van der Waals surface area (Å²) in [7, 11) is 0. The summed E-state index contributed by atoms with van der Waals surface area (Å²) >= 11 is 3.31. The van der Waals surface area contributed by atoms with Gasteiger partial charge in [-0.3, -0.25) is 9.36 Å². The zero-order chi connectivity index (χ0) is 17.4. The van der Waals surface area contributed by atoms with Gasteiger partial charge >= 0.3 is 0 Å². The molecule has 0 unspecified atom stereocenters. The summed E-state index contributed by atoms with van der Waals surface area (Å²) in [6.45, 7) is 7.51. The SMILES string of the molecule is C=CCSc1nc2sc3c(c2c(=O)n1C[C@H]1CCCO1)CC[C@H](C)C3. The fraction of sp³-hybridized carbons (Fsp3) is 0.579. The van der Waals surface area contributed by atoms with Crippen LogP contribution < -0.4 is 5.56 Å². The number of thioether (sulfide) groups is 1. The van der Waals surface area contributed by atoms with Gasteiger partial charge in [-0.15, -0.1) is 17.9 Å². The second-order valence-corrected chi connectivity index (χ2v) is 9.15. The lowest BCUT2D eigenvalue weighted by Crippen LogP contribution is -2.29. The fourth-order valence-electron chi connectivity index (χ4n) is 3.80. The Morgan fingerprint density at radius 1 is 1.48 bits per heavy atom. The van der Waals surface area contributed by atoms with E-state index in [1.807, 2.05) is 10.6 Å². The van der Waals surface area contributed by atoms with Crippen LogP contribution in [0.25, 0.3) is 10.2 Å². The largest absolute Gasteiger partial charge is 0.376 e. The molecule has 25 heavy (non-hydrogen) atoms. The van der Waals surface area contributed by atoms with Crippen molar-refractivity contribution in [3.63, 3.8) is 0 Å². The first-order chi connectivity index (χ1) is 12.2. The van der Waals surface area contributed by atoms with Gasteiger partial charge in [0.15, 0.2) is 5.16 Å². The Labute approximate surface area is 156 Å². The third kappa shape index (κ3) is 3.32. The molecule has 2 aromatic heterocycles. The van der Waals surface area contributed by atoms with Crippen molar-refractivity contribution in [1.29, 1.82) is 0 Å². The van der Waals surface area contributed by atoms with Crippen molar-refractivity contribution < 1.29 is 4.74 Å². The molecule has 0 spiro atoms. The molecule has 6 heteroatoms. The average molecular weight is 377 g/mol. The van der Waals surface area contributed by atoms with Crippen molar-refractivity contribution in [2.75, 3.05) is 12.4 Å². The molecule has 1 aliphatic heterocycles. The van der Waals surface area contributed by atoms with E-state index in [-0.39, 0.29) is 11.7 Å². The highest BCUT2D eigenvalue weighted by molar-refractivity contribution is 7.99. The normalized spacial score (nSPS) is 23.1. The van der Waals surface area contributed by atoms with E-state index < -0.39 is 0 Å². The Kier molecular flexibility index (Phi) is 5.02. The molecule has 4 rings (SSSR count). The topological polar surface area (TPSA) is 44.1 Å². The summed E-state index contributed by atoms with van der Waals surface area (Å²) in [6.07, 6.45) is 7.35. The Hall–Kier alpha value is -1.11. The highest BCUT2D eigenvalue weighted by atomic mass is 32.2. The molecule has 4 nitrogen and oxygen atoms in total. The van der Waals surface area contributed by atoms with Crippen molar-refractivity contribution in [2.45, 2.75) is 56.8 Å². The summed E-state index contributed by atoms with van der Waals surface area (Å²) in [6, 6.07) is 0. The minimum absolute atomic E-state index is 0.124. The van der Waals surface area contributed by atoms with Crippen LogP contribution in [0.1, 0.15) is 36.6 Å². The molecule has 3 heterocycles. The van der Waals surface area contributed by atoms with Crippen LogP contribution in [0.5, 0.6) is 0 Å². The van der Waals surface area contributed by atoms with E-state index in [0.29, 0.717) is 12.5 Å². The first-order valence-electron chi connectivity index (χ1n) is 9.07. The van der Waals surface area contributed by atoms with E-state index in [2.05, 4.69) is 13.5 Å². The van der Waals surface area contributed by atoms with E-state index >= 15 is 0 Å². The second kappa shape index (κ2) is 7.25. The van der Waals surface area contributed by atoms with E-state index in [9.17, 15) is 4.79 Å². The maximum absolute atomic E-state index is 13.3. The zero-order valence-corrected chi connectivity index (χ0v) is 16.3. The predicted octanol–water partition coefficient (Wildman–Crippen LogP) is 4.04. The molecule has 2 atom stereocenters. The van der Waals surface area contributed by atoms with E-state index in [4.69, 9.17) is 9.72 Å². The number of ether oxygens (including phenoxy) is 1. The molecular formula is C19H24N2O2S2. The number of hydrogen-bond acceptors (Lipinski definition) is 5. The molecule has 0 saturated carbocycles. The van der Waals surface area contributed by atoms with Crippen LogP contribution in [0.2, 0.25) is 0 Å². The number of rotatable bonds is 5. The van der Waals surface area contributed by atoms with Crippen molar-refractivity contribution in [3.05, 3.63) is 33.4 Å². The number of thiophene rings is 1. The van der Waals surface area contributed by atoms with Gasteiger partial charge in [0, 0.05) is 17.2 Å². The summed E-state index contributed by atoms with van der Waals surface area (Å²) in [4.78, 5) is 20.5. The van der Waals surface area contributed by atoms with Crippen LogP contribution in [-0.4, -0.2) is 28.0 Å². The molecule has 2 aromatic rings. The number of hydrogen-bond donors (Lipinski definition) is 0. The molecule has 0 N–H and O–H groups in total. The van der Waals surface area contributed by atoms with Gasteiger partial charge in [-0.1, -0.05) is 24.8 Å². The lowest BCUT2D eigenvalue weighted by atomic mass is 9.89. The van der Waals surface area contributed by atoms with Gasteiger partial charge in [0.05, 0.1) is 18.0 Å². The lowest BCUT2D eigenvalue weighted by Gasteiger charge is -2.18. The van der Waals surface area contributed by atoms with Crippen molar-refractivity contribution in [3.8, 4) is 0 Å². The molecule has 1 aliphatic carbocycles. The van der Waals surface area contributed by atoms with Crippen LogP contribution >= 0.6 is 23.1 Å². The molecule has 0 aromatic carbocycles. The fourth-order valence-corrected chi connectivity index (χ4v) is 5.97. The Bertz CT molecular complexity index is 849. The van der Waals surface area contributed by atoms with Gasteiger partial charge in [0.1, 0.15) is 4.83 Å². The highest BCUT2D eigenvalue weighted by Crippen LogP contribution is 2.36. The quantitative estimate of drug-likeness (QED) is 0.449. The summed E-state index contributed by atoms with van der Waals surface area (Å²) in [5.74, 6) is 1.45. The average Bonchev–Trinajstić information content (AvgIpc) is 3.22. The van der Waals surface area contributed by atoms with E-state index in [0.717, 1.165) is 59.8 Å². The van der Waals surface area contributed by atoms with Crippen LogP contribution in [0.3, 0.4) is 0 Å². The minimum Gasteiger partial charge on any atom is -0.376 e. The van der Waals surface area contributed by atoms with Crippen molar-refractivity contribution in [2.24, 2.45) is 5.92 Å². The van der Waals surface area contributed by atoms with Crippen LogP contribution in [0.4, 0.5) is 0 Å². The van der Waals surface area contributed by atoms with Gasteiger partial charge in [-0.05, 0) is 43.6 Å². The molecular weight excluding hydrogens is 352 g/mol. The molecule has 0 amide bonds. The van der Waals surface area contributed by atoms with Gasteiger partial charge < -0.3 is 4.74 Å². The second-order valence-electron chi connectivity index (χ2n) is 7.08. The van der Waals surface area contributed by atoms with Gasteiger partial charge in [-0.25, -0.2) is 4.98 Å². The summed E-state index contributed by atoms with van der Waals surface area (Å²) in [5, 5.41) is 1.67. The Morgan fingerprint density at radius 2 is 2.36 bits per heavy atom. The smallest absolute Gasteiger partial charge is 0.263 e. The molecule has 1 fully saturated rings. The van der Waals surface area contributed by atoms with Crippen LogP contribution in [-0.2, 0) is 24.1 Å². The third-order valence-corrected chi connectivity index (χ3v) is 7.24. The van der Waals surface area contributed by atoms with Gasteiger partial charge in [-0.2, -0.15) is 0 Å². The van der Waals surface area contributed by atoms with E-state index in [1.165, 1.54) is 10.4 Å². The number of aryl methyl sites for hydroxylation is 1. The number of nitrogens with zero attached hydrogens (tertiary/aromatic N) is 2. The Morgan fingerprint density at radius 3 is 3.12 bits per heavy atom. The predicted molar refractivity (Wildman–Crippen MR) is 105 cm³/mol. The monoisotopic (exact) mass is 376 g/mol. The summed E-state index contributed by atoms with van der Waals surface area (Å²) in [5.41, 5.74) is 1.39. The lowest BCUT2D eigenvalue weighted by molar-refractivity contribution is 0.0937. The first kappa shape index (κ1) is 17.3. The third-order valence-electron chi connectivity index (χ3n) is 5.12. The highest BCUT2D eigenvalue weighted by Gasteiger charge is 2.26. The Balaban J connectivity index is 1.82. The van der Waals surface area contributed by atoms with Gasteiger partial charge in [0.25, 0.3) is 5.56 Å². The zero-order valence-electron chi connectivity index (χ0n) is 14.6. The first-order valence-corrected chi connectivity index (χ1v) is 10.9. The molecule has 134 valence electrons. The molecule has 2 aliphatic rings. The number of fused-ring (bicyclic) bond motifs is 3. The molecule has 0 radical (unpaired) electrons. The maximum atomic E-state index is 13.3. The van der Waals surface area contributed by atoms with Crippen molar-refractivity contribution >= 4 is 33.3 Å². The minimum atomic E-state index is 0.124. The number of aromatic nitrogens is 2. The van der Waals surface area contributed by atoms with Crippen LogP contribution in [0, 0.1) is 5.92 Å². The van der Waals surface area contributed by atoms with Gasteiger partial charge in [0.2, 0.25) is 0 Å². The van der Waals surface area contributed by atoms with E-state index in [1.54, 1.807) is 23.1 Å².